The Labute approximate surface area is 194 Å². The van der Waals surface area contributed by atoms with Crippen molar-refractivity contribution in [2.24, 2.45) is 0 Å². The summed E-state index contributed by atoms with van der Waals surface area (Å²) < 4.78 is 0. The Hall–Kier alpha value is -3.64. The zero-order valence-corrected chi connectivity index (χ0v) is 19.4. The molecule has 1 aliphatic heterocycles. The SMILES string of the molecule is CN(C)/C=C\C(=O)c1ccc2[nH]c3ncc(-c4ccc(N5CCN(C)CC5)cc4)cc3c2c1. The fourth-order valence-corrected chi connectivity index (χ4v) is 4.33. The Bertz CT molecular complexity index is 1330. The molecule has 4 aromatic rings. The monoisotopic (exact) mass is 439 g/mol. The second-order valence-electron chi connectivity index (χ2n) is 8.99. The number of likely N-dealkylation sites (N-methyl/N-ethyl adjacent to an activating group) is 1. The van der Waals surface area contributed by atoms with Crippen molar-refractivity contribution in [2.75, 3.05) is 52.2 Å². The number of fused-ring (bicyclic) bond motifs is 3. The van der Waals surface area contributed by atoms with Crippen molar-refractivity contribution in [2.45, 2.75) is 0 Å². The number of hydrogen-bond donors (Lipinski definition) is 1. The average molecular weight is 440 g/mol. The molecule has 5 rings (SSSR count). The summed E-state index contributed by atoms with van der Waals surface area (Å²) in [6.45, 7) is 4.31. The van der Waals surface area contributed by atoms with Crippen LogP contribution in [0.5, 0.6) is 0 Å². The van der Waals surface area contributed by atoms with Gasteiger partial charge in [0.05, 0.1) is 0 Å². The van der Waals surface area contributed by atoms with Gasteiger partial charge in [-0.2, -0.15) is 0 Å². The van der Waals surface area contributed by atoms with Crippen LogP contribution in [0.2, 0.25) is 0 Å². The van der Waals surface area contributed by atoms with E-state index in [9.17, 15) is 4.79 Å². The van der Waals surface area contributed by atoms with E-state index >= 15 is 0 Å². The number of hydrogen-bond acceptors (Lipinski definition) is 5. The first-order chi connectivity index (χ1) is 16.0. The third-order valence-electron chi connectivity index (χ3n) is 6.33. The van der Waals surface area contributed by atoms with E-state index in [4.69, 9.17) is 0 Å². The first kappa shape index (κ1) is 21.2. The van der Waals surface area contributed by atoms with E-state index < -0.39 is 0 Å². The minimum Gasteiger partial charge on any atom is -0.383 e. The highest BCUT2D eigenvalue weighted by Crippen LogP contribution is 2.30. The number of ketones is 1. The Kier molecular flexibility index (Phi) is 5.60. The molecule has 2 aromatic carbocycles. The van der Waals surface area contributed by atoms with Crippen molar-refractivity contribution in [3.05, 3.63) is 72.6 Å². The number of pyridine rings is 1. The largest absolute Gasteiger partial charge is 0.383 e. The number of rotatable bonds is 5. The molecule has 1 aliphatic rings. The van der Waals surface area contributed by atoms with Gasteiger partial charge in [-0.1, -0.05) is 12.1 Å². The van der Waals surface area contributed by atoms with Crippen molar-refractivity contribution >= 4 is 33.4 Å². The van der Waals surface area contributed by atoms with Gasteiger partial charge in [-0.3, -0.25) is 4.79 Å². The molecule has 6 nitrogen and oxygen atoms in total. The van der Waals surface area contributed by atoms with E-state index in [0.29, 0.717) is 5.56 Å². The molecule has 0 amide bonds. The lowest BCUT2D eigenvalue weighted by Crippen LogP contribution is -2.44. The third kappa shape index (κ3) is 4.34. The summed E-state index contributed by atoms with van der Waals surface area (Å²) in [6.07, 6.45) is 5.28. The molecule has 33 heavy (non-hydrogen) atoms. The van der Waals surface area contributed by atoms with E-state index in [0.717, 1.165) is 59.2 Å². The van der Waals surface area contributed by atoms with Crippen molar-refractivity contribution < 1.29 is 4.79 Å². The number of carbonyl (C=O) groups is 1. The van der Waals surface area contributed by atoms with Crippen LogP contribution in [0.25, 0.3) is 33.1 Å². The van der Waals surface area contributed by atoms with Crippen LogP contribution in [-0.4, -0.2) is 72.9 Å². The van der Waals surface area contributed by atoms with Crippen LogP contribution in [0.1, 0.15) is 10.4 Å². The van der Waals surface area contributed by atoms with Gasteiger partial charge in [0.1, 0.15) is 5.65 Å². The van der Waals surface area contributed by atoms with Gasteiger partial charge in [0.15, 0.2) is 5.78 Å². The fraction of sp³-hybridized carbons (Fsp3) is 0.259. The van der Waals surface area contributed by atoms with Gasteiger partial charge in [0.25, 0.3) is 0 Å². The van der Waals surface area contributed by atoms with Gasteiger partial charge in [-0.05, 0) is 49.0 Å². The van der Waals surface area contributed by atoms with Crippen molar-refractivity contribution in [1.82, 2.24) is 19.8 Å². The van der Waals surface area contributed by atoms with E-state index in [-0.39, 0.29) is 5.78 Å². The van der Waals surface area contributed by atoms with Gasteiger partial charge < -0.3 is 19.7 Å². The number of aromatic nitrogens is 2. The zero-order valence-electron chi connectivity index (χ0n) is 19.4. The molecule has 0 bridgehead atoms. The standard InChI is InChI=1S/C27H29N5O/c1-30(2)11-10-26(33)20-6-9-25-23(16-20)24-17-21(18-28-27(24)29-25)19-4-7-22(8-5-19)32-14-12-31(3)13-15-32/h4-11,16-18H,12-15H2,1-3H3,(H,28,29)/b11-10-. The topological polar surface area (TPSA) is 55.5 Å². The molecule has 0 radical (unpaired) electrons. The summed E-state index contributed by atoms with van der Waals surface area (Å²) in [7, 11) is 5.97. The summed E-state index contributed by atoms with van der Waals surface area (Å²) >= 11 is 0. The first-order valence-corrected chi connectivity index (χ1v) is 11.3. The minimum atomic E-state index is -0.0106. The molecule has 0 saturated carbocycles. The molecule has 1 N–H and O–H groups in total. The number of nitrogens with one attached hydrogen (secondary N) is 1. The molecule has 0 aliphatic carbocycles. The molecule has 3 heterocycles. The minimum absolute atomic E-state index is 0.0106. The number of piperazine rings is 1. The highest BCUT2D eigenvalue weighted by atomic mass is 16.1. The predicted molar refractivity (Wildman–Crippen MR) is 136 cm³/mol. The number of nitrogens with zero attached hydrogens (tertiary/aromatic N) is 4. The molecule has 0 atom stereocenters. The smallest absolute Gasteiger partial charge is 0.187 e. The second kappa shape index (κ2) is 8.71. The molecular formula is C27H29N5O. The maximum atomic E-state index is 12.6. The molecule has 2 aromatic heterocycles. The number of carbonyl (C=O) groups excluding carboxylic acids is 1. The summed E-state index contributed by atoms with van der Waals surface area (Å²) in [5, 5.41) is 2.04. The van der Waals surface area contributed by atoms with E-state index in [2.05, 4.69) is 57.1 Å². The van der Waals surface area contributed by atoms with Gasteiger partial charge >= 0.3 is 0 Å². The lowest BCUT2D eigenvalue weighted by atomic mass is 10.0. The van der Waals surface area contributed by atoms with Crippen LogP contribution < -0.4 is 4.90 Å². The Morgan fingerprint density at radius 3 is 2.45 bits per heavy atom. The van der Waals surface area contributed by atoms with Crippen LogP contribution in [0, 0.1) is 0 Å². The quantitative estimate of drug-likeness (QED) is 0.369. The molecular weight excluding hydrogens is 410 g/mol. The van der Waals surface area contributed by atoms with Crippen molar-refractivity contribution in [3.63, 3.8) is 0 Å². The van der Waals surface area contributed by atoms with Crippen LogP contribution in [0.15, 0.2) is 67.0 Å². The van der Waals surface area contributed by atoms with Crippen LogP contribution in [0.3, 0.4) is 0 Å². The Morgan fingerprint density at radius 2 is 1.73 bits per heavy atom. The third-order valence-corrected chi connectivity index (χ3v) is 6.33. The predicted octanol–water partition coefficient (Wildman–Crippen LogP) is 4.39. The highest BCUT2D eigenvalue weighted by Gasteiger charge is 2.15. The average Bonchev–Trinajstić information content (AvgIpc) is 3.20. The van der Waals surface area contributed by atoms with Crippen LogP contribution in [-0.2, 0) is 0 Å². The maximum Gasteiger partial charge on any atom is 0.187 e. The molecule has 0 unspecified atom stereocenters. The lowest BCUT2D eigenvalue weighted by molar-refractivity contribution is 0.104. The molecule has 1 saturated heterocycles. The summed E-state index contributed by atoms with van der Waals surface area (Å²) in [4.78, 5) is 27.3. The summed E-state index contributed by atoms with van der Waals surface area (Å²) in [5.41, 5.74) is 5.95. The molecule has 1 fully saturated rings. The van der Waals surface area contributed by atoms with E-state index in [1.807, 2.05) is 43.4 Å². The summed E-state index contributed by atoms with van der Waals surface area (Å²) in [6, 6.07) is 16.7. The van der Waals surface area contributed by atoms with Crippen molar-refractivity contribution in [1.29, 1.82) is 0 Å². The molecule has 0 spiro atoms. The normalized spacial score (nSPS) is 15.1. The number of allylic oxidation sites excluding steroid dienone is 1. The van der Waals surface area contributed by atoms with Crippen LogP contribution >= 0.6 is 0 Å². The zero-order chi connectivity index (χ0) is 22.9. The van der Waals surface area contributed by atoms with Gasteiger partial charge in [0, 0.05) is 91.9 Å². The second-order valence-corrected chi connectivity index (χ2v) is 8.99. The van der Waals surface area contributed by atoms with E-state index in [1.54, 1.807) is 12.3 Å². The van der Waals surface area contributed by atoms with E-state index in [1.165, 1.54) is 5.69 Å². The Morgan fingerprint density at radius 1 is 0.970 bits per heavy atom. The van der Waals surface area contributed by atoms with Crippen LogP contribution in [0.4, 0.5) is 5.69 Å². The lowest BCUT2D eigenvalue weighted by Gasteiger charge is -2.34. The van der Waals surface area contributed by atoms with Gasteiger partial charge in [0.2, 0.25) is 0 Å². The molecule has 168 valence electrons. The number of benzene rings is 2. The fourth-order valence-electron chi connectivity index (χ4n) is 4.33. The first-order valence-electron chi connectivity index (χ1n) is 11.3. The highest BCUT2D eigenvalue weighted by molar-refractivity contribution is 6.12. The Balaban J connectivity index is 1.46. The number of anilines is 1. The van der Waals surface area contributed by atoms with Crippen molar-refractivity contribution in [3.8, 4) is 11.1 Å². The van der Waals surface area contributed by atoms with Gasteiger partial charge in [-0.15, -0.1) is 0 Å². The number of aromatic amines is 1. The van der Waals surface area contributed by atoms with Gasteiger partial charge in [-0.25, -0.2) is 4.98 Å². The summed E-state index contributed by atoms with van der Waals surface area (Å²) in [5.74, 6) is -0.0106. The number of H-pyrrole nitrogens is 1. The molecule has 6 heteroatoms. The maximum absolute atomic E-state index is 12.6.